The van der Waals surface area contributed by atoms with E-state index in [4.69, 9.17) is 4.52 Å². The highest BCUT2D eigenvalue weighted by atomic mass is 32.1. The lowest BCUT2D eigenvalue weighted by Crippen LogP contribution is -2.36. The maximum atomic E-state index is 12.0. The van der Waals surface area contributed by atoms with Crippen molar-refractivity contribution in [3.05, 3.63) is 32.6 Å². The molecule has 0 fully saturated rings. The van der Waals surface area contributed by atoms with Crippen LogP contribution in [0.15, 0.2) is 4.52 Å². The number of rotatable bonds is 4. The molecule has 0 aliphatic rings. The van der Waals surface area contributed by atoms with Crippen LogP contribution in [0.3, 0.4) is 0 Å². The van der Waals surface area contributed by atoms with E-state index in [0.717, 1.165) is 32.6 Å². The minimum atomic E-state index is -0.215. The number of nitrogens with one attached hydrogen (secondary N) is 2. The van der Waals surface area contributed by atoms with E-state index in [9.17, 15) is 4.79 Å². The average molecular weight is 308 g/mol. The molecule has 6 nitrogen and oxygen atoms in total. The largest absolute Gasteiger partial charge is 0.361 e. The predicted molar refractivity (Wildman–Crippen MR) is 81.4 cm³/mol. The fourth-order valence-corrected chi connectivity index (χ4v) is 3.11. The first-order valence-electron chi connectivity index (χ1n) is 6.78. The molecule has 1 atom stereocenters. The topological polar surface area (TPSA) is 80.0 Å². The fraction of sp³-hybridized carbons (Fsp3) is 0.500. The summed E-state index contributed by atoms with van der Waals surface area (Å²) in [6, 6.07) is -0.283. The number of urea groups is 1. The summed E-state index contributed by atoms with van der Waals surface area (Å²) in [5.41, 5.74) is 2.69. The predicted octanol–water partition coefficient (Wildman–Crippen LogP) is 2.93. The summed E-state index contributed by atoms with van der Waals surface area (Å²) in [5.74, 6) is 0.731. The third-order valence-electron chi connectivity index (χ3n) is 3.29. The number of aromatic nitrogens is 2. The Morgan fingerprint density at radius 3 is 2.52 bits per heavy atom. The molecule has 0 spiro atoms. The van der Waals surface area contributed by atoms with Crippen LogP contribution in [0.1, 0.15) is 45.6 Å². The van der Waals surface area contributed by atoms with Crippen molar-refractivity contribution >= 4 is 17.4 Å². The summed E-state index contributed by atoms with van der Waals surface area (Å²) in [6.45, 7) is 9.97. The highest BCUT2D eigenvalue weighted by Gasteiger charge is 2.16. The summed E-state index contributed by atoms with van der Waals surface area (Å²) < 4.78 is 5.07. The smallest absolute Gasteiger partial charge is 0.315 e. The zero-order chi connectivity index (χ0) is 15.6. The second kappa shape index (κ2) is 6.26. The molecule has 0 radical (unpaired) electrons. The van der Waals surface area contributed by atoms with E-state index >= 15 is 0 Å². The van der Waals surface area contributed by atoms with Gasteiger partial charge in [0.2, 0.25) is 0 Å². The second-order valence-corrected chi connectivity index (χ2v) is 6.27. The molecular formula is C14H20N4O2S. The van der Waals surface area contributed by atoms with Crippen molar-refractivity contribution in [3.63, 3.8) is 0 Å². The summed E-state index contributed by atoms with van der Waals surface area (Å²) in [5, 5.41) is 10.6. The van der Waals surface area contributed by atoms with E-state index in [0.29, 0.717) is 6.54 Å². The van der Waals surface area contributed by atoms with Crippen molar-refractivity contribution in [2.75, 3.05) is 0 Å². The van der Waals surface area contributed by atoms with Gasteiger partial charge < -0.3 is 15.2 Å². The minimum absolute atomic E-state index is 0.0686. The normalized spacial score (nSPS) is 12.2. The highest BCUT2D eigenvalue weighted by Crippen LogP contribution is 2.24. The molecular weight excluding hydrogens is 288 g/mol. The van der Waals surface area contributed by atoms with Crippen molar-refractivity contribution in [2.45, 2.75) is 47.2 Å². The monoisotopic (exact) mass is 308 g/mol. The lowest BCUT2D eigenvalue weighted by molar-refractivity contribution is 0.237. The Kier molecular flexibility index (Phi) is 4.62. The van der Waals surface area contributed by atoms with Crippen LogP contribution in [0.2, 0.25) is 0 Å². The van der Waals surface area contributed by atoms with Crippen LogP contribution in [0, 0.1) is 27.7 Å². The zero-order valence-electron chi connectivity index (χ0n) is 12.9. The molecule has 21 heavy (non-hydrogen) atoms. The zero-order valence-corrected chi connectivity index (χ0v) is 13.7. The number of aryl methyl sites for hydroxylation is 4. The van der Waals surface area contributed by atoms with Crippen LogP contribution in [0.5, 0.6) is 0 Å². The summed E-state index contributed by atoms with van der Waals surface area (Å²) >= 11 is 1.61. The third-order valence-corrected chi connectivity index (χ3v) is 4.54. The van der Waals surface area contributed by atoms with Crippen molar-refractivity contribution < 1.29 is 9.32 Å². The van der Waals surface area contributed by atoms with E-state index in [1.807, 2.05) is 34.6 Å². The minimum Gasteiger partial charge on any atom is -0.361 e. The maximum Gasteiger partial charge on any atom is 0.315 e. The Balaban J connectivity index is 1.91. The van der Waals surface area contributed by atoms with Crippen molar-refractivity contribution in [1.82, 2.24) is 20.8 Å². The molecule has 2 aromatic rings. The van der Waals surface area contributed by atoms with Crippen molar-refractivity contribution in [1.29, 1.82) is 0 Å². The Morgan fingerprint density at radius 1 is 1.29 bits per heavy atom. The molecule has 114 valence electrons. The molecule has 7 heteroatoms. The van der Waals surface area contributed by atoms with Crippen LogP contribution in [-0.2, 0) is 6.54 Å². The molecule has 0 unspecified atom stereocenters. The van der Waals surface area contributed by atoms with Crippen LogP contribution < -0.4 is 10.6 Å². The van der Waals surface area contributed by atoms with Crippen molar-refractivity contribution in [2.24, 2.45) is 0 Å². The fourth-order valence-electron chi connectivity index (χ4n) is 2.18. The van der Waals surface area contributed by atoms with Gasteiger partial charge in [0.15, 0.2) is 0 Å². The number of amides is 2. The number of hydrogen-bond donors (Lipinski definition) is 2. The molecule has 2 heterocycles. The summed E-state index contributed by atoms with van der Waals surface area (Å²) in [7, 11) is 0. The van der Waals surface area contributed by atoms with E-state index in [-0.39, 0.29) is 12.1 Å². The van der Waals surface area contributed by atoms with Crippen molar-refractivity contribution in [3.8, 4) is 0 Å². The molecule has 0 aliphatic carbocycles. The lowest BCUT2D eigenvalue weighted by Gasteiger charge is -2.13. The molecule has 2 amide bonds. The quantitative estimate of drug-likeness (QED) is 0.910. The van der Waals surface area contributed by atoms with Crippen LogP contribution in [-0.4, -0.2) is 16.2 Å². The number of carbonyl (C=O) groups is 1. The number of hydrogen-bond acceptors (Lipinski definition) is 5. The molecule has 2 rings (SSSR count). The Hall–Kier alpha value is -1.89. The Labute approximate surface area is 127 Å². The SMILES string of the molecule is Cc1nc(C)c([C@@H](C)NC(=O)NCc2c(C)noc2C)s1. The van der Waals surface area contributed by atoms with Gasteiger partial charge >= 0.3 is 6.03 Å². The number of thiazole rings is 1. The van der Waals surface area contributed by atoms with Gasteiger partial charge in [0.25, 0.3) is 0 Å². The van der Waals surface area contributed by atoms with Gasteiger partial charge in [0.1, 0.15) is 5.76 Å². The van der Waals surface area contributed by atoms with Crippen LogP contribution in [0.25, 0.3) is 0 Å². The van der Waals surface area contributed by atoms with E-state index in [2.05, 4.69) is 20.8 Å². The molecule has 0 aromatic carbocycles. The van der Waals surface area contributed by atoms with Gasteiger partial charge in [0.05, 0.1) is 22.4 Å². The van der Waals surface area contributed by atoms with Gasteiger partial charge in [0, 0.05) is 17.0 Å². The summed E-state index contributed by atoms with van der Waals surface area (Å²) in [4.78, 5) is 17.4. The first kappa shape index (κ1) is 15.5. The lowest BCUT2D eigenvalue weighted by atomic mass is 10.2. The van der Waals surface area contributed by atoms with Crippen LogP contribution in [0.4, 0.5) is 4.79 Å². The van der Waals surface area contributed by atoms with E-state index in [1.54, 1.807) is 11.3 Å². The summed E-state index contributed by atoms with van der Waals surface area (Å²) in [6.07, 6.45) is 0. The van der Waals surface area contributed by atoms with Gasteiger partial charge in [-0.2, -0.15) is 0 Å². The molecule has 2 N–H and O–H groups in total. The van der Waals surface area contributed by atoms with Gasteiger partial charge in [-0.25, -0.2) is 9.78 Å². The Bertz CT molecular complexity index is 628. The maximum absolute atomic E-state index is 12.0. The van der Waals surface area contributed by atoms with Gasteiger partial charge in [-0.15, -0.1) is 11.3 Å². The third kappa shape index (κ3) is 3.60. The second-order valence-electron chi connectivity index (χ2n) is 5.03. The van der Waals surface area contributed by atoms with E-state index < -0.39 is 0 Å². The van der Waals surface area contributed by atoms with Crippen LogP contribution >= 0.6 is 11.3 Å². The average Bonchev–Trinajstić information content (AvgIpc) is 2.90. The molecule has 2 aromatic heterocycles. The highest BCUT2D eigenvalue weighted by molar-refractivity contribution is 7.11. The standard InChI is InChI=1S/C14H20N4O2S/c1-7-12(10(4)20-18-7)6-15-14(19)17-9(3)13-8(2)16-11(5)21-13/h9H,6H2,1-5H3,(H2,15,17,19)/t9-/m1/s1. The van der Waals surface area contributed by atoms with Gasteiger partial charge in [-0.1, -0.05) is 5.16 Å². The molecule has 0 bridgehead atoms. The van der Waals surface area contributed by atoms with Gasteiger partial charge in [-0.3, -0.25) is 0 Å². The molecule has 0 saturated heterocycles. The molecule has 0 saturated carbocycles. The Morgan fingerprint density at radius 2 is 2.00 bits per heavy atom. The number of nitrogens with zero attached hydrogens (tertiary/aromatic N) is 2. The number of carbonyl (C=O) groups excluding carboxylic acids is 1. The van der Waals surface area contributed by atoms with E-state index in [1.165, 1.54) is 0 Å². The molecule has 0 aliphatic heterocycles. The van der Waals surface area contributed by atoms with Gasteiger partial charge in [-0.05, 0) is 34.6 Å². The first-order valence-corrected chi connectivity index (χ1v) is 7.60. The first-order chi connectivity index (χ1) is 9.88.